The lowest BCUT2D eigenvalue weighted by Gasteiger charge is -2.03. The van der Waals surface area contributed by atoms with E-state index in [1.54, 1.807) is 30.3 Å². The van der Waals surface area contributed by atoms with E-state index in [1.807, 2.05) is 0 Å². The number of benzene rings is 2. The Hall–Kier alpha value is -1.52. The van der Waals surface area contributed by atoms with Crippen molar-refractivity contribution in [3.05, 3.63) is 64.4 Å². The Morgan fingerprint density at radius 2 is 1.89 bits per heavy atom. The van der Waals surface area contributed by atoms with Crippen LogP contribution in [0.4, 0.5) is 4.39 Å². The Morgan fingerprint density at radius 1 is 1.21 bits per heavy atom. The van der Waals surface area contributed by atoms with Gasteiger partial charge >= 0.3 is 5.97 Å². The summed E-state index contributed by atoms with van der Waals surface area (Å²) in [5.41, 5.74) is 1.08. The highest BCUT2D eigenvalue weighted by molar-refractivity contribution is 7.98. The van der Waals surface area contributed by atoms with Crippen LogP contribution in [0.2, 0.25) is 5.02 Å². The molecule has 0 aliphatic carbocycles. The Kier molecular flexibility index (Phi) is 4.45. The zero-order chi connectivity index (χ0) is 13.8. The molecule has 1 N–H and O–H groups in total. The second-order valence-corrected chi connectivity index (χ2v) is 5.32. The zero-order valence-electron chi connectivity index (χ0n) is 9.77. The van der Waals surface area contributed by atoms with E-state index in [0.29, 0.717) is 5.75 Å². The monoisotopic (exact) mass is 296 g/mol. The summed E-state index contributed by atoms with van der Waals surface area (Å²) in [6.07, 6.45) is 0. The van der Waals surface area contributed by atoms with Crippen molar-refractivity contribution in [3.8, 4) is 0 Å². The van der Waals surface area contributed by atoms with Crippen molar-refractivity contribution >= 4 is 29.3 Å². The number of aromatic carboxylic acids is 1. The first-order valence-electron chi connectivity index (χ1n) is 5.46. The standard InChI is InChI=1S/C14H10ClFO2S/c15-12-6-1-9(7-13(12)16)8-19-11-4-2-10(3-5-11)14(17)18/h1-7H,8H2,(H,17,18). The number of hydrogen-bond donors (Lipinski definition) is 1. The van der Waals surface area contributed by atoms with E-state index in [4.69, 9.17) is 16.7 Å². The van der Waals surface area contributed by atoms with Crippen LogP contribution in [0.1, 0.15) is 15.9 Å². The van der Waals surface area contributed by atoms with E-state index in [0.717, 1.165) is 10.5 Å². The molecule has 0 atom stereocenters. The minimum absolute atomic E-state index is 0.111. The molecule has 0 unspecified atom stereocenters. The van der Waals surface area contributed by atoms with E-state index in [9.17, 15) is 9.18 Å². The molecule has 0 amide bonds. The molecule has 0 saturated heterocycles. The van der Waals surface area contributed by atoms with Gasteiger partial charge in [0.15, 0.2) is 0 Å². The van der Waals surface area contributed by atoms with Gasteiger partial charge in [-0.3, -0.25) is 0 Å². The SMILES string of the molecule is O=C(O)c1ccc(SCc2ccc(Cl)c(F)c2)cc1. The largest absolute Gasteiger partial charge is 0.478 e. The number of carboxylic acids is 1. The average Bonchev–Trinajstić information content (AvgIpc) is 2.40. The Morgan fingerprint density at radius 3 is 2.47 bits per heavy atom. The summed E-state index contributed by atoms with van der Waals surface area (Å²) >= 11 is 7.11. The van der Waals surface area contributed by atoms with Crippen LogP contribution in [0.25, 0.3) is 0 Å². The fraction of sp³-hybridized carbons (Fsp3) is 0.0714. The normalized spacial score (nSPS) is 10.4. The topological polar surface area (TPSA) is 37.3 Å². The minimum Gasteiger partial charge on any atom is -0.478 e. The maximum atomic E-state index is 13.2. The van der Waals surface area contributed by atoms with Crippen LogP contribution in [0.3, 0.4) is 0 Å². The molecule has 0 aliphatic heterocycles. The molecule has 19 heavy (non-hydrogen) atoms. The number of thioether (sulfide) groups is 1. The molecule has 0 fully saturated rings. The summed E-state index contributed by atoms with van der Waals surface area (Å²) in [5, 5.41) is 8.89. The van der Waals surface area contributed by atoms with Crippen LogP contribution < -0.4 is 0 Å². The Bertz CT molecular complexity index is 599. The molecule has 2 aromatic carbocycles. The lowest BCUT2D eigenvalue weighted by molar-refractivity contribution is 0.0697. The van der Waals surface area contributed by atoms with Crippen molar-refractivity contribution in [3.63, 3.8) is 0 Å². The molecular formula is C14H10ClFO2S. The van der Waals surface area contributed by atoms with Crippen molar-refractivity contribution in [1.82, 2.24) is 0 Å². The first-order valence-corrected chi connectivity index (χ1v) is 6.83. The van der Waals surface area contributed by atoms with E-state index in [2.05, 4.69) is 0 Å². The summed E-state index contributed by atoms with van der Waals surface area (Å²) in [6, 6.07) is 11.3. The fourth-order valence-electron chi connectivity index (χ4n) is 1.49. The van der Waals surface area contributed by atoms with Crippen LogP contribution in [0.15, 0.2) is 47.4 Å². The molecule has 0 aromatic heterocycles. The number of carboxylic acid groups (broad SMARTS) is 1. The molecule has 98 valence electrons. The van der Waals surface area contributed by atoms with Gasteiger partial charge < -0.3 is 5.11 Å². The third kappa shape index (κ3) is 3.72. The molecule has 0 spiro atoms. The van der Waals surface area contributed by atoms with Gasteiger partial charge in [0.25, 0.3) is 0 Å². The van der Waals surface area contributed by atoms with Crippen LogP contribution in [0.5, 0.6) is 0 Å². The average molecular weight is 297 g/mol. The number of carbonyl (C=O) groups is 1. The number of hydrogen-bond acceptors (Lipinski definition) is 2. The molecule has 2 rings (SSSR count). The molecule has 0 saturated carbocycles. The molecule has 0 radical (unpaired) electrons. The van der Waals surface area contributed by atoms with Gasteiger partial charge in [0, 0.05) is 10.6 Å². The van der Waals surface area contributed by atoms with Gasteiger partial charge in [-0.25, -0.2) is 9.18 Å². The predicted octanol–water partition coefficient (Wildman–Crippen LogP) is 4.47. The van der Waals surface area contributed by atoms with Gasteiger partial charge in [-0.05, 0) is 42.0 Å². The summed E-state index contributed by atoms with van der Waals surface area (Å²) in [4.78, 5) is 11.6. The Balaban J connectivity index is 2.01. The highest BCUT2D eigenvalue weighted by Gasteiger charge is 2.04. The van der Waals surface area contributed by atoms with Crippen molar-refractivity contribution < 1.29 is 14.3 Å². The van der Waals surface area contributed by atoms with Gasteiger partial charge in [0.1, 0.15) is 5.82 Å². The summed E-state index contributed by atoms with van der Waals surface area (Å²) < 4.78 is 13.2. The molecule has 0 heterocycles. The van der Waals surface area contributed by atoms with E-state index < -0.39 is 11.8 Å². The molecule has 2 aromatic rings. The molecule has 0 aliphatic rings. The molecule has 5 heteroatoms. The van der Waals surface area contributed by atoms with Gasteiger partial charge in [-0.1, -0.05) is 17.7 Å². The zero-order valence-corrected chi connectivity index (χ0v) is 11.3. The molecular weight excluding hydrogens is 287 g/mol. The van der Waals surface area contributed by atoms with E-state index in [1.165, 1.54) is 23.9 Å². The first-order chi connectivity index (χ1) is 9.06. The second-order valence-electron chi connectivity index (χ2n) is 3.87. The maximum absolute atomic E-state index is 13.2. The number of rotatable bonds is 4. The van der Waals surface area contributed by atoms with E-state index in [-0.39, 0.29) is 10.6 Å². The smallest absolute Gasteiger partial charge is 0.335 e. The van der Waals surface area contributed by atoms with Gasteiger partial charge in [0.05, 0.1) is 10.6 Å². The van der Waals surface area contributed by atoms with Crippen molar-refractivity contribution in [2.75, 3.05) is 0 Å². The maximum Gasteiger partial charge on any atom is 0.335 e. The number of halogens is 2. The lowest BCUT2D eigenvalue weighted by atomic mass is 10.2. The Labute approximate surface area is 119 Å². The summed E-state index contributed by atoms with van der Waals surface area (Å²) in [5.74, 6) is -0.780. The van der Waals surface area contributed by atoms with Crippen LogP contribution >= 0.6 is 23.4 Å². The van der Waals surface area contributed by atoms with Crippen molar-refractivity contribution in [2.45, 2.75) is 10.6 Å². The van der Waals surface area contributed by atoms with Gasteiger partial charge in [-0.15, -0.1) is 11.8 Å². The van der Waals surface area contributed by atoms with Crippen molar-refractivity contribution in [2.24, 2.45) is 0 Å². The highest BCUT2D eigenvalue weighted by atomic mass is 35.5. The predicted molar refractivity (Wildman–Crippen MR) is 74.4 cm³/mol. The third-order valence-corrected chi connectivity index (χ3v) is 3.88. The molecule has 2 nitrogen and oxygen atoms in total. The van der Waals surface area contributed by atoms with Crippen LogP contribution in [-0.2, 0) is 5.75 Å². The summed E-state index contributed by atoms with van der Waals surface area (Å²) in [6.45, 7) is 0. The second kappa shape index (κ2) is 6.08. The van der Waals surface area contributed by atoms with Crippen molar-refractivity contribution in [1.29, 1.82) is 0 Å². The lowest BCUT2D eigenvalue weighted by Crippen LogP contribution is -1.94. The first kappa shape index (κ1) is 13.9. The van der Waals surface area contributed by atoms with Gasteiger partial charge in [0.2, 0.25) is 0 Å². The van der Waals surface area contributed by atoms with E-state index >= 15 is 0 Å². The molecule has 0 bridgehead atoms. The third-order valence-electron chi connectivity index (χ3n) is 2.49. The minimum atomic E-state index is -0.948. The quantitative estimate of drug-likeness (QED) is 0.846. The van der Waals surface area contributed by atoms with Crippen LogP contribution in [-0.4, -0.2) is 11.1 Å². The van der Waals surface area contributed by atoms with Gasteiger partial charge in [-0.2, -0.15) is 0 Å². The van der Waals surface area contributed by atoms with Crippen LogP contribution in [0, 0.1) is 5.82 Å². The summed E-state index contributed by atoms with van der Waals surface area (Å²) in [7, 11) is 0. The fourth-order valence-corrected chi connectivity index (χ4v) is 2.45. The highest BCUT2D eigenvalue weighted by Crippen LogP contribution is 2.25.